The van der Waals surface area contributed by atoms with Crippen LogP contribution in [0, 0.1) is 0 Å². The number of aromatic nitrogens is 4. The molecule has 5 nitrogen and oxygen atoms in total. The monoisotopic (exact) mass is 372 g/mol. The van der Waals surface area contributed by atoms with Crippen LogP contribution in [-0.4, -0.2) is 24.1 Å². The summed E-state index contributed by atoms with van der Waals surface area (Å²) >= 11 is -1.44. The summed E-state index contributed by atoms with van der Waals surface area (Å²) in [6.07, 6.45) is 0. The molecule has 6 heteroatoms. The molecule has 0 aliphatic rings. The Hall–Kier alpha value is -3.09. The minimum atomic E-state index is -1.44. The summed E-state index contributed by atoms with van der Waals surface area (Å²) in [7, 11) is 1.98. The topological polar surface area (TPSA) is 69.6 Å². The van der Waals surface area contributed by atoms with Gasteiger partial charge in [0.05, 0.1) is 38.8 Å². The molecule has 0 saturated carbocycles. The minimum Gasteiger partial charge on any atom is -0.604 e. The quantitative estimate of drug-likeness (QED) is 0.481. The zero-order chi connectivity index (χ0) is 18.4. The smallest absolute Gasteiger partial charge is 0.327 e. The number of hydrogen-bond donors (Lipinski definition) is 1. The molecule has 0 fully saturated rings. The molecule has 27 heavy (non-hydrogen) atoms. The van der Waals surface area contributed by atoms with E-state index in [1.54, 1.807) is 0 Å². The largest absolute Gasteiger partial charge is 0.604 e. The van der Waals surface area contributed by atoms with Crippen LogP contribution in [0.4, 0.5) is 0 Å². The van der Waals surface area contributed by atoms with Crippen molar-refractivity contribution >= 4 is 33.2 Å². The molecule has 0 radical (unpaired) electrons. The second-order valence-corrected chi connectivity index (χ2v) is 7.67. The molecular weight excluding hydrogens is 356 g/mol. The van der Waals surface area contributed by atoms with Crippen LogP contribution in [0.25, 0.3) is 33.5 Å². The molecule has 1 unspecified atom stereocenters. The fraction of sp³-hybridized carbons (Fsp3) is 0.0476. The first-order valence-corrected chi connectivity index (χ1v) is 9.75. The van der Waals surface area contributed by atoms with Gasteiger partial charge in [0.2, 0.25) is 0 Å². The molecule has 0 aliphatic heterocycles. The van der Waals surface area contributed by atoms with Crippen molar-refractivity contribution in [3.05, 3.63) is 72.8 Å². The van der Waals surface area contributed by atoms with E-state index in [4.69, 9.17) is 4.98 Å². The van der Waals surface area contributed by atoms with Gasteiger partial charge in [0.15, 0.2) is 4.90 Å². The first kappa shape index (κ1) is 16.1. The van der Waals surface area contributed by atoms with Crippen molar-refractivity contribution in [1.29, 1.82) is 0 Å². The van der Waals surface area contributed by atoms with E-state index >= 15 is 0 Å². The molecule has 0 amide bonds. The Morgan fingerprint density at radius 1 is 0.852 bits per heavy atom. The van der Waals surface area contributed by atoms with Crippen molar-refractivity contribution in [1.82, 2.24) is 19.5 Å². The summed E-state index contributed by atoms with van der Waals surface area (Å²) in [6, 6.07) is 23.3. The number of aryl methyl sites for hydroxylation is 1. The van der Waals surface area contributed by atoms with Gasteiger partial charge in [-0.05, 0) is 36.4 Å². The van der Waals surface area contributed by atoms with Crippen LogP contribution in [0.1, 0.15) is 0 Å². The maximum atomic E-state index is 13.3. The second kappa shape index (κ2) is 6.26. The van der Waals surface area contributed by atoms with E-state index in [0.29, 0.717) is 10.1 Å². The summed E-state index contributed by atoms with van der Waals surface area (Å²) < 4.78 is 15.3. The predicted molar refractivity (Wildman–Crippen MR) is 107 cm³/mol. The van der Waals surface area contributed by atoms with Gasteiger partial charge in [-0.25, -0.2) is 4.98 Å². The highest BCUT2D eigenvalue weighted by molar-refractivity contribution is 7.91. The fourth-order valence-corrected chi connectivity index (χ4v) is 4.47. The third kappa shape index (κ3) is 2.61. The van der Waals surface area contributed by atoms with Crippen LogP contribution in [0.2, 0.25) is 0 Å². The minimum absolute atomic E-state index is 0.447. The molecule has 0 aliphatic carbocycles. The van der Waals surface area contributed by atoms with Crippen LogP contribution < -0.4 is 0 Å². The fourth-order valence-electron chi connectivity index (χ4n) is 3.32. The van der Waals surface area contributed by atoms with Crippen molar-refractivity contribution in [2.45, 2.75) is 10.1 Å². The van der Waals surface area contributed by atoms with Crippen LogP contribution in [-0.2, 0) is 18.2 Å². The zero-order valence-electron chi connectivity index (χ0n) is 14.6. The Morgan fingerprint density at radius 2 is 1.56 bits per heavy atom. The van der Waals surface area contributed by atoms with Crippen LogP contribution in [0.15, 0.2) is 82.8 Å². The highest BCUT2D eigenvalue weighted by atomic mass is 32.2. The number of nitrogens with one attached hydrogen (secondary N) is 1. The first-order valence-electron chi connectivity index (χ1n) is 8.60. The molecule has 1 N–H and O–H groups in total. The first-order chi connectivity index (χ1) is 13.2. The molecular formula is C21H16N4OS. The second-order valence-electron chi connectivity index (χ2n) is 6.31. The normalized spacial score (nSPS) is 12.7. The van der Waals surface area contributed by atoms with Crippen LogP contribution in [0.5, 0.6) is 0 Å². The standard InChI is InChI=1S/C21H16N4OS/c1-25-18-12-6-5-11-17(18)22-20(25)14-8-2-7-13-19(14)27(26)21-23-15-9-3-4-10-16(15)24-21/h2-13H,1H3,(H,23,24). The van der Waals surface area contributed by atoms with Gasteiger partial charge < -0.3 is 9.12 Å². The van der Waals surface area contributed by atoms with Crippen molar-refractivity contribution in [2.75, 3.05) is 0 Å². The van der Waals surface area contributed by atoms with Gasteiger partial charge in [-0.15, -0.1) is 0 Å². The summed E-state index contributed by atoms with van der Waals surface area (Å²) in [5.74, 6) is 0.788. The summed E-state index contributed by atoms with van der Waals surface area (Å²) in [4.78, 5) is 13.1. The highest BCUT2D eigenvalue weighted by Crippen LogP contribution is 2.32. The van der Waals surface area contributed by atoms with Crippen LogP contribution in [0.3, 0.4) is 0 Å². The maximum absolute atomic E-state index is 13.3. The number of H-pyrrole nitrogens is 1. The van der Waals surface area contributed by atoms with Crippen LogP contribution >= 0.6 is 0 Å². The van der Waals surface area contributed by atoms with Gasteiger partial charge in [0, 0.05) is 7.05 Å². The Bertz CT molecular complexity index is 1240. The number of hydrogen-bond acceptors (Lipinski definition) is 3. The third-order valence-corrected chi connectivity index (χ3v) is 5.96. The predicted octanol–water partition coefficient (Wildman–Crippen LogP) is 4.28. The molecule has 0 saturated heterocycles. The number of para-hydroxylation sites is 4. The molecule has 132 valence electrons. The van der Waals surface area contributed by atoms with Gasteiger partial charge in [-0.3, -0.25) is 4.98 Å². The lowest BCUT2D eigenvalue weighted by Crippen LogP contribution is -2.07. The Balaban J connectivity index is 1.66. The van der Waals surface area contributed by atoms with Gasteiger partial charge >= 0.3 is 5.16 Å². The molecule has 5 rings (SSSR count). The number of rotatable bonds is 3. The molecule has 2 aromatic heterocycles. The van der Waals surface area contributed by atoms with E-state index in [1.807, 2.05) is 84.4 Å². The number of imidazole rings is 2. The van der Waals surface area contributed by atoms with Gasteiger partial charge in [-0.1, -0.05) is 36.4 Å². The SMILES string of the molecule is Cn1c(-c2ccccc2[S+]([O-])c2nc3ccccc3[nH]2)nc2ccccc21. The number of aromatic amines is 1. The van der Waals surface area contributed by atoms with E-state index in [-0.39, 0.29) is 0 Å². The number of benzene rings is 3. The van der Waals surface area contributed by atoms with E-state index in [0.717, 1.165) is 33.5 Å². The number of nitrogens with zero attached hydrogens (tertiary/aromatic N) is 3. The van der Waals surface area contributed by atoms with Crippen molar-refractivity contribution in [2.24, 2.45) is 7.05 Å². The molecule has 1 atom stereocenters. The molecule has 0 bridgehead atoms. The average molecular weight is 372 g/mol. The Kier molecular flexibility index (Phi) is 3.74. The summed E-state index contributed by atoms with van der Waals surface area (Å²) in [5.41, 5.74) is 4.48. The molecule has 3 aromatic carbocycles. The van der Waals surface area contributed by atoms with E-state index in [2.05, 4.69) is 9.97 Å². The molecule has 0 spiro atoms. The lowest BCUT2D eigenvalue weighted by Gasteiger charge is -2.11. The van der Waals surface area contributed by atoms with Gasteiger partial charge in [-0.2, -0.15) is 4.98 Å². The van der Waals surface area contributed by atoms with Crippen molar-refractivity contribution < 1.29 is 4.55 Å². The highest BCUT2D eigenvalue weighted by Gasteiger charge is 2.25. The van der Waals surface area contributed by atoms with Gasteiger partial charge in [0.25, 0.3) is 0 Å². The number of fused-ring (bicyclic) bond motifs is 2. The van der Waals surface area contributed by atoms with Crippen molar-refractivity contribution in [3.8, 4) is 11.4 Å². The molecule has 5 aromatic rings. The summed E-state index contributed by atoms with van der Waals surface area (Å²) in [5, 5.41) is 0.447. The van der Waals surface area contributed by atoms with Crippen molar-refractivity contribution in [3.63, 3.8) is 0 Å². The average Bonchev–Trinajstić information content (AvgIpc) is 3.29. The lowest BCUT2D eigenvalue weighted by molar-refractivity contribution is 0.588. The summed E-state index contributed by atoms with van der Waals surface area (Å²) in [6.45, 7) is 0. The van der Waals surface area contributed by atoms with E-state index < -0.39 is 11.2 Å². The van der Waals surface area contributed by atoms with E-state index in [9.17, 15) is 4.55 Å². The molecule has 2 heterocycles. The Morgan fingerprint density at radius 3 is 2.37 bits per heavy atom. The maximum Gasteiger partial charge on any atom is 0.327 e. The van der Waals surface area contributed by atoms with E-state index in [1.165, 1.54) is 0 Å². The Labute approximate surface area is 158 Å². The lowest BCUT2D eigenvalue weighted by atomic mass is 10.2. The zero-order valence-corrected chi connectivity index (χ0v) is 15.4. The van der Waals surface area contributed by atoms with Gasteiger partial charge in [0.1, 0.15) is 5.82 Å². The third-order valence-electron chi connectivity index (χ3n) is 4.66.